The first-order valence-corrected chi connectivity index (χ1v) is 4.00. The molecular weight excluding hydrogens is 156 g/mol. The SMILES string of the molecule is C1CCOC1.C=C(C)C(=O)OC.[H+]. The van der Waals surface area contributed by atoms with E-state index in [1.165, 1.54) is 20.0 Å². The van der Waals surface area contributed by atoms with Gasteiger partial charge in [-0.3, -0.25) is 0 Å². The van der Waals surface area contributed by atoms with E-state index in [9.17, 15) is 4.79 Å². The van der Waals surface area contributed by atoms with Gasteiger partial charge in [-0.15, -0.1) is 0 Å². The van der Waals surface area contributed by atoms with Gasteiger partial charge in [0.05, 0.1) is 7.11 Å². The van der Waals surface area contributed by atoms with E-state index in [2.05, 4.69) is 11.3 Å². The molecule has 0 unspecified atom stereocenters. The lowest BCUT2D eigenvalue weighted by atomic mass is 10.4. The van der Waals surface area contributed by atoms with Crippen LogP contribution in [0.4, 0.5) is 0 Å². The highest BCUT2D eigenvalue weighted by molar-refractivity contribution is 5.86. The predicted molar refractivity (Wildman–Crippen MR) is 48.0 cm³/mol. The molecule has 1 fully saturated rings. The minimum absolute atomic E-state index is 0. The number of hydrogen-bond acceptors (Lipinski definition) is 3. The lowest BCUT2D eigenvalue weighted by Crippen LogP contribution is -1.98. The molecule has 3 heteroatoms. The predicted octanol–water partition coefficient (Wildman–Crippen LogP) is 1.64. The molecule has 0 aromatic heterocycles. The monoisotopic (exact) mass is 173 g/mol. The van der Waals surface area contributed by atoms with Crippen LogP contribution in [0, 0.1) is 0 Å². The van der Waals surface area contributed by atoms with E-state index in [4.69, 9.17) is 4.74 Å². The molecule has 1 rings (SSSR count). The zero-order chi connectivity index (χ0) is 9.40. The minimum atomic E-state index is -0.347. The summed E-state index contributed by atoms with van der Waals surface area (Å²) in [6.07, 6.45) is 2.56. The zero-order valence-electron chi connectivity index (χ0n) is 8.76. The number of ether oxygens (including phenoxy) is 2. The molecule has 1 aliphatic rings. The molecule has 3 nitrogen and oxygen atoms in total. The van der Waals surface area contributed by atoms with E-state index in [1.54, 1.807) is 6.92 Å². The Morgan fingerprint density at radius 1 is 1.50 bits per heavy atom. The van der Waals surface area contributed by atoms with Gasteiger partial charge in [0, 0.05) is 18.8 Å². The normalized spacial score (nSPS) is 14.5. The summed E-state index contributed by atoms with van der Waals surface area (Å²) in [5.74, 6) is -0.347. The number of carbonyl (C=O) groups excluding carboxylic acids is 1. The Bertz CT molecular complexity index is 145. The average Bonchev–Trinajstić information content (AvgIpc) is 2.59. The van der Waals surface area contributed by atoms with Crippen LogP contribution in [-0.2, 0) is 14.3 Å². The van der Waals surface area contributed by atoms with Gasteiger partial charge in [-0.05, 0) is 19.8 Å². The Labute approximate surface area is 74.8 Å². The Balaban J connectivity index is 0. The molecule has 0 atom stereocenters. The van der Waals surface area contributed by atoms with Gasteiger partial charge in [-0.2, -0.15) is 0 Å². The number of esters is 1. The van der Waals surface area contributed by atoms with E-state index in [-0.39, 0.29) is 7.40 Å². The van der Waals surface area contributed by atoms with Crippen LogP contribution in [0.3, 0.4) is 0 Å². The molecular formula is C9H17O3+. The summed E-state index contributed by atoms with van der Waals surface area (Å²) < 4.78 is 9.22. The highest BCUT2D eigenvalue weighted by Gasteiger charge is 1.95. The Morgan fingerprint density at radius 2 is 2.00 bits per heavy atom. The maximum Gasteiger partial charge on any atom is 1.00 e. The topological polar surface area (TPSA) is 35.5 Å². The fraction of sp³-hybridized carbons (Fsp3) is 0.667. The van der Waals surface area contributed by atoms with Gasteiger partial charge >= 0.3 is 7.40 Å². The van der Waals surface area contributed by atoms with Crippen molar-refractivity contribution in [3.05, 3.63) is 12.2 Å². The van der Waals surface area contributed by atoms with Crippen LogP contribution in [0.1, 0.15) is 21.2 Å². The number of carbonyl (C=O) groups is 1. The first kappa shape index (κ1) is 11.2. The summed E-state index contributed by atoms with van der Waals surface area (Å²) in [7, 11) is 1.33. The summed E-state index contributed by atoms with van der Waals surface area (Å²) in [4.78, 5) is 10.2. The molecule has 0 spiro atoms. The van der Waals surface area contributed by atoms with E-state index in [0.29, 0.717) is 5.57 Å². The molecule has 0 amide bonds. The molecule has 70 valence electrons. The van der Waals surface area contributed by atoms with E-state index in [0.717, 1.165) is 13.2 Å². The van der Waals surface area contributed by atoms with Crippen LogP contribution in [0.25, 0.3) is 0 Å². The minimum Gasteiger partial charge on any atom is -0.466 e. The second-order valence-electron chi connectivity index (χ2n) is 2.59. The third kappa shape index (κ3) is 5.92. The highest BCUT2D eigenvalue weighted by atomic mass is 16.5. The Hall–Kier alpha value is -0.830. The quantitative estimate of drug-likeness (QED) is 0.446. The van der Waals surface area contributed by atoms with Gasteiger partial charge in [0.15, 0.2) is 0 Å². The van der Waals surface area contributed by atoms with Crippen molar-refractivity contribution in [1.82, 2.24) is 0 Å². The molecule has 0 saturated carbocycles. The van der Waals surface area contributed by atoms with Crippen molar-refractivity contribution in [3.8, 4) is 0 Å². The smallest absolute Gasteiger partial charge is 0.466 e. The maximum atomic E-state index is 10.2. The number of hydrogen-bond donors (Lipinski definition) is 0. The molecule has 0 bridgehead atoms. The van der Waals surface area contributed by atoms with E-state index >= 15 is 0 Å². The molecule has 0 aliphatic carbocycles. The summed E-state index contributed by atoms with van der Waals surface area (Å²) in [5.41, 5.74) is 0.433. The average molecular weight is 173 g/mol. The van der Waals surface area contributed by atoms with Gasteiger partial charge in [-0.25, -0.2) is 4.79 Å². The van der Waals surface area contributed by atoms with Crippen LogP contribution in [0.15, 0.2) is 12.2 Å². The van der Waals surface area contributed by atoms with Gasteiger partial charge < -0.3 is 9.47 Å². The summed E-state index contributed by atoms with van der Waals surface area (Å²) >= 11 is 0. The van der Waals surface area contributed by atoms with E-state index < -0.39 is 0 Å². The second kappa shape index (κ2) is 6.85. The van der Waals surface area contributed by atoms with Crippen molar-refractivity contribution in [2.75, 3.05) is 20.3 Å². The van der Waals surface area contributed by atoms with Crippen LogP contribution in [0.2, 0.25) is 0 Å². The van der Waals surface area contributed by atoms with Crippen LogP contribution in [0.5, 0.6) is 0 Å². The second-order valence-corrected chi connectivity index (χ2v) is 2.59. The van der Waals surface area contributed by atoms with Crippen molar-refractivity contribution in [3.63, 3.8) is 0 Å². The van der Waals surface area contributed by atoms with Crippen molar-refractivity contribution in [2.45, 2.75) is 19.8 Å². The maximum absolute atomic E-state index is 10.2. The Kier molecular flexibility index (Phi) is 6.38. The fourth-order valence-corrected chi connectivity index (χ4v) is 0.685. The third-order valence-electron chi connectivity index (χ3n) is 1.36. The summed E-state index contributed by atoms with van der Waals surface area (Å²) in [6.45, 7) is 6.95. The molecule has 12 heavy (non-hydrogen) atoms. The summed E-state index contributed by atoms with van der Waals surface area (Å²) in [5, 5.41) is 0. The largest absolute Gasteiger partial charge is 1.00 e. The van der Waals surface area contributed by atoms with E-state index in [1.807, 2.05) is 0 Å². The number of methoxy groups -OCH3 is 1. The lowest BCUT2D eigenvalue weighted by Gasteiger charge is -1.91. The molecule has 1 heterocycles. The van der Waals surface area contributed by atoms with Gasteiger partial charge in [0.25, 0.3) is 0 Å². The molecule has 0 radical (unpaired) electrons. The van der Waals surface area contributed by atoms with Crippen molar-refractivity contribution < 1.29 is 15.7 Å². The zero-order valence-corrected chi connectivity index (χ0v) is 7.76. The Morgan fingerprint density at radius 3 is 2.08 bits per heavy atom. The molecule has 1 aliphatic heterocycles. The highest BCUT2D eigenvalue weighted by Crippen LogP contribution is 1.98. The summed E-state index contributed by atoms with van der Waals surface area (Å²) in [6, 6.07) is 0. The van der Waals surface area contributed by atoms with Gasteiger partial charge in [0.1, 0.15) is 0 Å². The lowest BCUT2D eigenvalue weighted by molar-refractivity contribution is -0.136. The number of rotatable bonds is 1. The van der Waals surface area contributed by atoms with Crippen molar-refractivity contribution in [1.29, 1.82) is 0 Å². The van der Waals surface area contributed by atoms with Crippen molar-refractivity contribution >= 4 is 5.97 Å². The molecule has 0 aromatic carbocycles. The van der Waals surface area contributed by atoms with Gasteiger partial charge in [-0.1, -0.05) is 6.58 Å². The third-order valence-corrected chi connectivity index (χ3v) is 1.36. The standard InChI is InChI=1S/C5H8O2.C4H8O/c1-4(2)5(6)7-3;1-2-4-5-3-1/h1H2,2-3H3;1-4H2/p+1. The first-order valence-electron chi connectivity index (χ1n) is 4.00. The van der Waals surface area contributed by atoms with Crippen LogP contribution in [-0.4, -0.2) is 26.3 Å². The fourth-order valence-electron chi connectivity index (χ4n) is 0.685. The van der Waals surface area contributed by atoms with Crippen LogP contribution >= 0.6 is 0 Å². The van der Waals surface area contributed by atoms with Crippen molar-refractivity contribution in [2.24, 2.45) is 0 Å². The molecule has 0 aromatic rings. The molecule has 0 N–H and O–H groups in total. The first-order chi connectivity index (χ1) is 5.68. The molecule has 1 saturated heterocycles. The van der Waals surface area contributed by atoms with Gasteiger partial charge in [0.2, 0.25) is 0 Å². The van der Waals surface area contributed by atoms with Crippen LogP contribution < -0.4 is 0 Å².